The highest BCUT2D eigenvalue weighted by molar-refractivity contribution is 5.65. The van der Waals surface area contributed by atoms with Crippen molar-refractivity contribution in [2.45, 2.75) is 12.5 Å². The van der Waals surface area contributed by atoms with Crippen LogP contribution in [0.5, 0.6) is 5.75 Å². The number of amides is 1. The highest BCUT2D eigenvalue weighted by Gasteiger charge is 2.20. The van der Waals surface area contributed by atoms with E-state index < -0.39 is 6.09 Å². The number of piperazine rings is 1. The summed E-state index contributed by atoms with van der Waals surface area (Å²) in [7, 11) is 0. The first-order chi connectivity index (χ1) is 12.6. The van der Waals surface area contributed by atoms with Gasteiger partial charge in [-0.05, 0) is 29.8 Å². The zero-order valence-electron chi connectivity index (χ0n) is 14.8. The van der Waals surface area contributed by atoms with E-state index in [2.05, 4.69) is 9.80 Å². The Hall–Kier alpha value is -2.73. The summed E-state index contributed by atoms with van der Waals surface area (Å²) in [5.41, 5.74) is 7.33. The lowest BCUT2D eigenvalue weighted by molar-refractivity contribution is 0.0910. The molecule has 0 aliphatic carbocycles. The molecule has 1 aliphatic heterocycles. The normalized spacial score (nSPS) is 16.2. The highest BCUT2D eigenvalue weighted by atomic mass is 16.6. The van der Waals surface area contributed by atoms with Crippen LogP contribution in [0, 0.1) is 0 Å². The maximum atomic E-state index is 11.2. The smallest absolute Gasteiger partial charge is 0.405 e. The Morgan fingerprint density at radius 2 is 1.69 bits per heavy atom. The Bertz CT molecular complexity index is 698. The van der Waals surface area contributed by atoms with Gasteiger partial charge in [-0.15, -0.1) is 0 Å². The second kappa shape index (κ2) is 8.58. The number of primary amides is 1. The molecule has 1 unspecified atom stereocenters. The summed E-state index contributed by atoms with van der Waals surface area (Å²) in [6, 6.07) is 17.0. The van der Waals surface area contributed by atoms with Crippen molar-refractivity contribution in [1.82, 2.24) is 4.90 Å². The quantitative estimate of drug-likeness (QED) is 0.833. The molecule has 1 heterocycles. The lowest BCUT2D eigenvalue weighted by Crippen LogP contribution is -2.46. The number of hydrogen-bond donors (Lipinski definition) is 2. The van der Waals surface area contributed by atoms with Crippen LogP contribution in [0.25, 0.3) is 0 Å². The van der Waals surface area contributed by atoms with E-state index in [0.717, 1.165) is 44.0 Å². The monoisotopic (exact) mass is 355 g/mol. The summed E-state index contributed by atoms with van der Waals surface area (Å²) in [5, 5.41) is 9.40. The Morgan fingerprint density at radius 3 is 2.31 bits per heavy atom. The van der Waals surface area contributed by atoms with Crippen molar-refractivity contribution in [3.63, 3.8) is 0 Å². The van der Waals surface area contributed by atoms with Crippen LogP contribution in [0.15, 0.2) is 54.6 Å². The molecule has 0 bridgehead atoms. The number of phenolic OH excluding ortho intramolecular Hbond substituents is 1. The SMILES string of the molecule is NC(=O)OC(CCN1CCN(c2ccc(O)cc2)CC1)c1ccccc1. The minimum absolute atomic E-state index is 0.286. The second-order valence-electron chi connectivity index (χ2n) is 6.47. The average Bonchev–Trinajstić information content (AvgIpc) is 2.67. The van der Waals surface area contributed by atoms with Gasteiger partial charge in [0.2, 0.25) is 0 Å². The Balaban J connectivity index is 1.51. The Kier molecular flexibility index (Phi) is 5.96. The number of carbonyl (C=O) groups excluding carboxylic acids is 1. The number of rotatable bonds is 6. The van der Waals surface area contributed by atoms with E-state index in [1.54, 1.807) is 12.1 Å². The molecule has 6 nitrogen and oxygen atoms in total. The number of anilines is 1. The number of phenols is 1. The van der Waals surface area contributed by atoms with E-state index in [0.29, 0.717) is 6.42 Å². The number of aromatic hydroxyl groups is 1. The molecular formula is C20H25N3O3. The van der Waals surface area contributed by atoms with Gasteiger partial charge in [0.1, 0.15) is 11.9 Å². The van der Waals surface area contributed by atoms with E-state index in [1.165, 1.54) is 0 Å². The minimum Gasteiger partial charge on any atom is -0.508 e. The van der Waals surface area contributed by atoms with Crippen LogP contribution in [0.4, 0.5) is 10.5 Å². The standard InChI is InChI=1S/C20H25N3O3/c21-20(25)26-19(16-4-2-1-3-5-16)10-11-22-12-14-23(15-13-22)17-6-8-18(24)9-7-17/h1-9,19,24H,10-15H2,(H2,21,25). The van der Waals surface area contributed by atoms with E-state index in [1.807, 2.05) is 42.5 Å². The third-order valence-electron chi connectivity index (χ3n) is 4.72. The molecule has 0 spiro atoms. The predicted molar refractivity (Wildman–Crippen MR) is 101 cm³/mol. The summed E-state index contributed by atoms with van der Waals surface area (Å²) in [5.74, 6) is 0.286. The summed E-state index contributed by atoms with van der Waals surface area (Å²) in [6.45, 7) is 4.59. The van der Waals surface area contributed by atoms with E-state index in [9.17, 15) is 9.90 Å². The molecule has 2 aromatic carbocycles. The molecule has 1 fully saturated rings. The summed E-state index contributed by atoms with van der Waals surface area (Å²) in [6.07, 6.45) is -0.341. The van der Waals surface area contributed by atoms with Gasteiger partial charge in [-0.2, -0.15) is 0 Å². The molecular weight excluding hydrogens is 330 g/mol. The molecule has 0 saturated carbocycles. The van der Waals surface area contributed by atoms with Crippen LogP contribution in [0.1, 0.15) is 18.1 Å². The Morgan fingerprint density at radius 1 is 1.04 bits per heavy atom. The molecule has 1 atom stereocenters. The molecule has 3 N–H and O–H groups in total. The minimum atomic E-state index is -0.740. The maximum absolute atomic E-state index is 11.2. The largest absolute Gasteiger partial charge is 0.508 e. The third kappa shape index (κ3) is 4.89. The molecule has 0 radical (unpaired) electrons. The van der Waals surface area contributed by atoms with Gasteiger partial charge in [0.15, 0.2) is 0 Å². The van der Waals surface area contributed by atoms with Crippen LogP contribution in [-0.4, -0.2) is 48.8 Å². The highest BCUT2D eigenvalue weighted by Crippen LogP contribution is 2.23. The average molecular weight is 355 g/mol. The zero-order valence-corrected chi connectivity index (χ0v) is 14.8. The fraction of sp³-hybridized carbons (Fsp3) is 0.350. The number of nitrogens with two attached hydrogens (primary N) is 1. The van der Waals surface area contributed by atoms with Gasteiger partial charge in [0.05, 0.1) is 0 Å². The van der Waals surface area contributed by atoms with Crippen molar-refractivity contribution in [3.05, 3.63) is 60.2 Å². The van der Waals surface area contributed by atoms with Crippen LogP contribution in [0.2, 0.25) is 0 Å². The van der Waals surface area contributed by atoms with Crippen molar-refractivity contribution in [3.8, 4) is 5.75 Å². The lowest BCUT2D eigenvalue weighted by atomic mass is 10.1. The van der Waals surface area contributed by atoms with Gasteiger partial charge in [-0.3, -0.25) is 4.90 Å². The van der Waals surface area contributed by atoms with Gasteiger partial charge >= 0.3 is 6.09 Å². The predicted octanol–water partition coefficient (Wildman–Crippen LogP) is 2.74. The van der Waals surface area contributed by atoms with Crippen LogP contribution in [0.3, 0.4) is 0 Å². The first-order valence-corrected chi connectivity index (χ1v) is 8.89. The number of hydrogen-bond acceptors (Lipinski definition) is 5. The summed E-state index contributed by atoms with van der Waals surface area (Å²) >= 11 is 0. The number of nitrogens with zero attached hydrogens (tertiary/aromatic N) is 2. The van der Waals surface area contributed by atoms with Gasteiger partial charge in [-0.25, -0.2) is 4.79 Å². The van der Waals surface area contributed by atoms with Crippen molar-refractivity contribution >= 4 is 11.8 Å². The third-order valence-corrected chi connectivity index (χ3v) is 4.72. The number of benzene rings is 2. The fourth-order valence-electron chi connectivity index (χ4n) is 3.29. The summed E-state index contributed by atoms with van der Waals surface area (Å²) in [4.78, 5) is 15.9. The maximum Gasteiger partial charge on any atom is 0.405 e. The molecule has 26 heavy (non-hydrogen) atoms. The molecule has 6 heteroatoms. The lowest BCUT2D eigenvalue weighted by Gasteiger charge is -2.36. The molecule has 138 valence electrons. The van der Waals surface area contributed by atoms with Gasteiger partial charge in [0, 0.05) is 44.8 Å². The van der Waals surface area contributed by atoms with Crippen LogP contribution < -0.4 is 10.6 Å². The van der Waals surface area contributed by atoms with E-state index >= 15 is 0 Å². The fourth-order valence-corrected chi connectivity index (χ4v) is 3.29. The molecule has 3 rings (SSSR count). The first-order valence-electron chi connectivity index (χ1n) is 8.89. The van der Waals surface area contributed by atoms with E-state index in [-0.39, 0.29) is 11.9 Å². The molecule has 0 aromatic heterocycles. The van der Waals surface area contributed by atoms with Gasteiger partial charge in [0.25, 0.3) is 0 Å². The van der Waals surface area contributed by atoms with Crippen LogP contribution >= 0.6 is 0 Å². The summed E-state index contributed by atoms with van der Waals surface area (Å²) < 4.78 is 5.31. The van der Waals surface area contributed by atoms with Crippen molar-refractivity contribution < 1.29 is 14.6 Å². The second-order valence-corrected chi connectivity index (χ2v) is 6.47. The van der Waals surface area contributed by atoms with Crippen molar-refractivity contribution in [1.29, 1.82) is 0 Å². The molecule has 2 aromatic rings. The van der Waals surface area contributed by atoms with E-state index in [4.69, 9.17) is 10.5 Å². The topological polar surface area (TPSA) is 79.0 Å². The van der Waals surface area contributed by atoms with Crippen molar-refractivity contribution in [2.24, 2.45) is 5.73 Å². The molecule has 1 saturated heterocycles. The number of carbonyl (C=O) groups is 1. The first kappa shape index (κ1) is 18.1. The van der Waals surface area contributed by atoms with Crippen molar-refractivity contribution in [2.75, 3.05) is 37.6 Å². The van der Waals surface area contributed by atoms with Gasteiger partial charge < -0.3 is 20.5 Å². The molecule has 1 amide bonds. The van der Waals surface area contributed by atoms with Crippen LogP contribution in [-0.2, 0) is 4.74 Å². The zero-order chi connectivity index (χ0) is 18.4. The Labute approximate surface area is 153 Å². The van der Waals surface area contributed by atoms with Gasteiger partial charge in [-0.1, -0.05) is 30.3 Å². The number of ether oxygens (including phenoxy) is 1. The molecule has 1 aliphatic rings.